The molecule has 22 heavy (non-hydrogen) atoms. The number of hydrogen-bond acceptors (Lipinski definition) is 3. The maximum Gasteiger partial charge on any atom is 0.255 e. The average Bonchev–Trinajstić information content (AvgIpc) is 2.47. The van der Waals surface area contributed by atoms with Crippen molar-refractivity contribution in [2.75, 3.05) is 0 Å². The molecule has 5 nitrogen and oxygen atoms in total. The van der Waals surface area contributed by atoms with Crippen molar-refractivity contribution >= 4 is 17.6 Å². The summed E-state index contributed by atoms with van der Waals surface area (Å²) in [6, 6.07) is 2.10. The molecule has 1 saturated carbocycles. The first-order valence-corrected chi connectivity index (χ1v) is 6.96. The van der Waals surface area contributed by atoms with Crippen LogP contribution in [0.2, 0.25) is 0 Å². The summed E-state index contributed by atoms with van der Waals surface area (Å²) >= 11 is 0. The molecule has 0 aromatic heterocycles. The fraction of sp³-hybridized carbons (Fsp3) is 0.400. The third kappa shape index (κ3) is 3.47. The molecule has 1 fully saturated rings. The van der Waals surface area contributed by atoms with Crippen LogP contribution in [0.25, 0.3) is 0 Å². The van der Waals surface area contributed by atoms with Crippen molar-refractivity contribution in [2.45, 2.75) is 31.7 Å². The van der Waals surface area contributed by atoms with Crippen molar-refractivity contribution in [1.29, 1.82) is 0 Å². The highest BCUT2D eigenvalue weighted by Gasteiger charge is 2.32. The third-order valence-electron chi connectivity index (χ3n) is 3.78. The van der Waals surface area contributed by atoms with Crippen molar-refractivity contribution in [1.82, 2.24) is 5.32 Å². The molecule has 2 amide bonds. The van der Waals surface area contributed by atoms with Gasteiger partial charge in [0.15, 0.2) is 11.6 Å². The zero-order valence-corrected chi connectivity index (χ0v) is 11.8. The molecule has 0 aliphatic heterocycles. The Balaban J connectivity index is 2.17. The maximum atomic E-state index is 13.6. The molecule has 0 saturated heterocycles. The zero-order chi connectivity index (χ0) is 16.3. The van der Waals surface area contributed by atoms with Crippen LogP contribution in [0, 0.1) is 17.6 Å². The lowest BCUT2D eigenvalue weighted by atomic mass is 9.82. The van der Waals surface area contributed by atoms with Gasteiger partial charge >= 0.3 is 0 Å². The summed E-state index contributed by atoms with van der Waals surface area (Å²) in [5.74, 6) is -4.60. The summed E-state index contributed by atoms with van der Waals surface area (Å²) in [5, 5.41) is 2.32. The van der Waals surface area contributed by atoms with Crippen LogP contribution >= 0.6 is 0 Å². The Bertz CT molecular complexity index is 619. The van der Waals surface area contributed by atoms with Gasteiger partial charge in [-0.05, 0) is 30.9 Å². The molecule has 0 heterocycles. The van der Waals surface area contributed by atoms with E-state index in [0.717, 1.165) is 12.1 Å². The van der Waals surface area contributed by atoms with Gasteiger partial charge in [-0.1, -0.05) is 6.07 Å². The Morgan fingerprint density at radius 2 is 2.05 bits per heavy atom. The molecule has 1 aromatic rings. The molecule has 7 heteroatoms. The van der Waals surface area contributed by atoms with E-state index in [0.29, 0.717) is 19.3 Å². The predicted molar refractivity (Wildman–Crippen MR) is 73.8 cm³/mol. The van der Waals surface area contributed by atoms with Gasteiger partial charge in [-0.2, -0.15) is 0 Å². The van der Waals surface area contributed by atoms with Crippen molar-refractivity contribution in [3.63, 3.8) is 0 Å². The number of nitrogens with two attached hydrogens (primary N) is 1. The second-order valence-electron chi connectivity index (χ2n) is 5.35. The van der Waals surface area contributed by atoms with Crippen molar-refractivity contribution in [3.05, 3.63) is 35.4 Å². The third-order valence-corrected chi connectivity index (χ3v) is 3.78. The van der Waals surface area contributed by atoms with Gasteiger partial charge in [0.25, 0.3) is 5.91 Å². The van der Waals surface area contributed by atoms with Gasteiger partial charge < -0.3 is 11.1 Å². The number of ketones is 1. The van der Waals surface area contributed by atoms with Crippen molar-refractivity contribution in [3.8, 4) is 0 Å². The molecule has 2 rings (SSSR count). The molecule has 0 spiro atoms. The second-order valence-corrected chi connectivity index (χ2v) is 5.35. The Hall–Kier alpha value is -2.31. The normalized spacial score (nSPS) is 19.5. The molecule has 1 aliphatic rings. The van der Waals surface area contributed by atoms with E-state index in [1.54, 1.807) is 0 Å². The monoisotopic (exact) mass is 310 g/mol. The zero-order valence-electron chi connectivity index (χ0n) is 11.8. The number of rotatable bonds is 4. The minimum Gasteiger partial charge on any atom is -0.368 e. The molecule has 1 aromatic carbocycles. The number of Topliss-reactive ketones (excluding diaryl/α,β-unsaturated/α-hetero) is 1. The van der Waals surface area contributed by atoms with Crippen LogP contribution in [0.3, 0.4) is 0 Å². The Morgan fingerprint density at radius 3 is 2.68 bits per heavy atom. The molecular formula is C15H16F2N2O3. The summed E-state index contributed by atoms with van der Waals surface area (Å²) < 4.78 is 26.8. The topological polar surface area (TPSA) is 89.3 Å². The highest BCUT2D eigenvalue weighted by Crippen LogP contribution is 2.24. The number of benzene rings is 1. The number of hydrogen-bond donors (Lipinski definition) is 2. The van der Waals surface area contributed by atoms with E-state index >= 15 is 0 Å². The standard InChI is InChI=1S/C15H16F2N2O3/c16-11-6-2-5-10(12(11)17)15(22)19-13(14(18)21)8-3-1-4-9(20)7-8/h2,5-6,8,13H,1,3-4,7H2,(H2,18,21)(H,19,22)/t8-,13-/m1/s1. The highest BCUT2D eigenvalue weighted by molar-refractivity contribution is 5.97. The number of amides is 2. The number of carbonyl (C=O) groups is 3. The van der Waals surface area contributed by atoms with E-state index in [2.05, 4.69) is 5.32 Å². The molecule has 0 radical (unpaired) electrons. The highest BCUT2D eigenvalue weighted by atomic mass is 19.2. The molecule has 0 bridgehead atoms. The summed E-state index contributed by atoms with van der Waals surface area (Å²) in [5.41, 5.74) is 4.77. The van der Waals surface area contributed by atoms with E-state index in [-0.39, 0.29) is 12.2 Å². The Labute approximate surface area is 125 Å². The van der Waals surface area contributed by atoms with E-state index in [1.165, 1.54) is 6.07 Å². The lowest BCUT2D eigenvalue weighted by Crippen LogP contribution is -2.50. The van der Waals surface area contributed by atoms with Crippen LogP contribution in [0.15, 0.2) is 18.2 Å². The summed E-state index contributed by atoms with van der Waals surface area (Å²) in [4.78, 5) is 35.1. The van der Waals surface area contributed by atoms with E-state index in [1.807, 2.05) is 0 Å². The maximum absolute atomic E-state index is 13.6. The van der Waals surface area contributed by atoms with Gasteiger partial charge in [-0.25, -0.2) is 8.78 Å². The lowest BCUT2D eigenvalue weighted by Gasteiger charge is -2.28. The SMILES string of the molecule is NC(=O)[C@H](NC(=O)c1cccc(F)c1F)[C@@H]1CCCC(=O)C1. The summed E-state index contributed by atoms with van der Waals surface area (Å²) in [6.45, 7) is 0. The average molecular weight is 310 g/mol. The predicted octanol–water partition coefficient (Wildman–Crippen LogP) is 1.31. The lowest BCUT2D eigenvalue weighted by molar-refractivity contribution is -0.124. The first-order valence-electron chi connectivity index (χ1n) is 6.96. The van der Waals surface area contributed by atoms with Gasteiger partial charge in [-0.3, -0.25) is 14.4 Å². The van der Waals surface area contributed by atoms with Crippen LogP contribution in [0.4, 0.5) is 8.78 Å². The minimum atomic E-state index is -1.29. The van der Waals surface area contributed by atoms with Gasteiger partial charge in [0.1, 0.15) is 11.8 Å². The number of primary amides is 1. The van der Waals surface area contributed by atoms with E-state index in [4.69, 9.17) is 5.73 Å². The van der Waals surface area contributed by atoms with Gasteiger partial charge in [0.05, 0.1) is 5.56 Å². The van der Waals surface area contributed by atoms with Crippen LogP contribution in [-0.2, 0) is 9.59 Å². The second kappa shape index (κ2) is 6.64. The van der Waals surface area contributed by atoms with Gasteiger partial charge in [0.2, 0.25) is 5.91 Å². The van der Waals surface area contributed by atoms with Crippen molar-refractivity contribution in [2.24, 2.45) is 11.7 Å². The minimum absolute atomic E-state index is 0.00585. The molecule has 0 unspecified atom stereocenters. The smallest absolute Gasteiger partial charge is 0.255 e. The molecule has 1 aliphatic carbocycles. The summed E-state index contributed by atoms with van der Waals surface area (Å²) in [6.07, 6.45) is 1.75. The van der Waals surface area contributed by atoms with Crippen LogP contribution in [0.5, 0.6) is 0 Å². The number of carbonyl (C=O) groups excluding carboxylic acids is 3. The fourth-order valence-electron chi connectivity index (χ4n) is 2.66. The van der Waals surface area contributed by atoms with Gasteiger partial charge in [0, 0.05) is 12.8 Å². The molecular weight excluding hydrogens is 294 g/mol. The molecule has 2 atom stereocenters. The number of halogens is 2. The first-order chi connectivity index (χ1) is 10.4. The van der Waals surface area contributed by atoms with E-state index < -0.39 is 41.0 Å². The fourth-order valence-corrected chi connectivity index (χ4v) is 2.66. The van der Waals surface area contributed by atoms with Crippen LogP contribution < -0.4 is 11.1 Å². The van der Waals surface area contributed by atoms with E-state index in [9.17, 15) is 23.2 Å². The van der Waals surface area contributed by atoms with Gasteiger partial charge in [-0.15, -0.1) is 0 Å². The molecule has 118 valence electrons. The number of nitrogens with one attached hydrogen (secondary N) is 1. The summed E-state index contributed by atoms with van der Waals surface area (Å²) in [7, 11) is 0. The largest absolute Gasteiger partial charge is 0.368 e. The molecule has 3 N–H and O–H groups in total. The quantitative estimate of drug-likeness (QED) is 0.878. The van der Waals surface area contributed by atoms with Crippen LogP contribution in [-0.4, -0.2) is 23.6 Å². The van der Waals surface area contributed by atoms with Crippen LogP contribution in [0.1, 0.15) is 36.0 Å². The first kappa shape index (κ1) is 16.1. The Morgan fingerprint density at radius 1 is 1.32 bits per heavy atom. The van der Waals surface area contributed by atoms with Crippen molar-refractivity contribution < 1.29 is 23.2 Å². The Kier molecular flexibility index (Phi) is 4.85.